The molecule has 5 nitrogen and oxygen atoms in total. The Hall–Kier alpha value is -1.07. The number of likely N-dealkylation sites (tertiary alicyclic amines) is 1. The van der Waals surface area contributed by atoms with Gasteiger partial charge in [-0.2, -0.15) is 5.10 Å². The third-order valence-electron chi connectivity index (χ3n) is 3.90. The highest BCUT2D eigenvalue weighted by atomic mass is 35.5. The van der Waals surface area contributed by atoms with Gasteiger partial charge in [-0.15, -0.1) is 0 Å². The molecule has 20 heavy (non-hydrogen) atoms. The first-order chi connectivity index (χ1) is 9.61. The molecular weight excluding hydrogens is 276 g/mol. The van der Waals surface area contributed by atoms with E-state index in [0.717, 1.165) is 32.1 Å². The largest absolute Gasteiger partial charge is 0.381 e. The minimum atomic E-state index is -0.231. The topological polar surface area (TPSA) is 50.2 Å². The van der Waals surface area contributed by atoms with Crippen molar-refractivity contribution in [2.75, 3.05) is 31.5 Å². The molecule has 2 heterocycles. The molecule has 0 saturated carbocycles. The van der Waals surface area contributed by atoms with Gasteiger partial charge in [0.15, 0.2) is 0 Å². The van der Waals surface area contributed by atoms with Crippen LogP contribution in [-0.2, 0) is 6.54 Å². The van der Waals surface area contributed by atoms with Gasteiger partial charge in [0.25, 0.3) is 5.56 Å². The van der Waals surface area contributed by atoms with Crippen LogP contribution in [0.1, 0.15) is 26.7 Å². The number of aryl methyl sites for hydroxylation is 1. The lowest BCUT2D eigenvalue weighted by Gasteiger charge is -2.30. The summed E-state index contributed by atoms with van der Waals surface area (Å²) in [4.78, 5) is 14.3. The zero-order chi connectivity index (χ0) is 14.5. The predicted octanol–water partition coefficient (Wildman–Crippen LogP) is 2.06. The number of piperidine rings is 1. The second-order valence-electron chi connectivity index (χ2n) is 5.44. The maximum absolute atomic E-state index is 11.8. The van der Waals surface area contributed by atoms with Gasteiger partial charge in [0.1, 0.15) is 5.02 Å². The van der Waals surface area contributed by atoms with Crippen LogP contribution in [0.5, 0.6) is 0 Å². The summed E-state index contributed by atoms with van der Waals surface area (Å²) in [6.07, 6.45) is 4.18. The van der Waals surface area contributed by atoms with Crippen molar-refractivity contribution < 1.29 is 0 Å². The fourth-order valence-electron chi connectivity index (χ4n) is 2.45. The molecule has 0 atom stereocenters. The molecule has 112 valence electrons. The summed E-state index contributed by atoms with van der Waals surface area (Å²) >= 11 is 6.07. The van der Waals surface area contributed by atoms with E-state index in [1.54, 1.807) is 6.20 Å². The number of anilines is 1. The molecular formula is C14H23ClN4O. The van der Waals surface area contributed by atoms with E-state index < -0.39 is 0 Å². The molecule has 1 saturated heterocycles. The van der Waals surface area contributed by atoms with Crippen LogP contribution in [0.4, 0.5) is 5.69 Å². The first kappa shape index (κ1) is 15.3. The van der Waals surface area contributed by atoms with Crippen molar-refractivity contribution in [1.82, 2.24) is 14.7 Å². The molecule has 1 aliphatic heterocycles. The van der Waals surface area contributed by atoms with Crippen molar-refractivity contribution in [3.63, 3.8) is 0 Å². The summed E-state index contributed by atoms with van der Waals surface area (Å²) in [5, 5.41) is 7.52. The van der Waals surface area contributed by atoms with E-state index in [1.165, 1.54) is 17.5 Å². The van der Waals surface area contributed by atoms with Crippen molar-refractivity contribution in [3.8, 4) is 0 Å². The lowest BCUT2D eigenvalue weighted by Crippen LogP contribution is -2.36. The van der Waals surface area contributed by atoms with Gasteiger partial charge < -0.3 is 10.2 Å². The number of nitrogens with one attached hydrogen (secondary N) is 1. The van der Waals surface area contributed by atoms with Gasteiger partial charge in [-0.1, -0.05) is 18.5 Å². The molecule has 0 unspecified atom stereocenters. The predicted molar refractivity (Wildman–Crippen MR) is 82.5 cm³/mol. The Morgan fingerprint density at radius 2 is 2.15 bits per heavy atom. The Kier molecular flexibility index (Phi) is 5.43. The van der Waals surface area contributed by atoms with Crippen LogP contribution in [0, 0.1) is 5.92 Å². The van der Waals surface area contributed by atoms with Gasteiger partial charge in [-0.05, 0) is 38.8 Å². The first-order valence-electron chi connectivity index (χ1n) is 7.33. The van der Waals surface area contributed by atoms with E-state index in [0.29, 0.717) is 12.2 Å². The van der Waals surface area contributed by atoms with Crippen molar-refractivity contribution in [2.45, 2.75) is 33.2 Å². The van der Waals surface area contributed by atoms with E-state index >= 15 is 0 Å². The Labute approximate surface area is 124 Å². The average molecular weight is 299 g/mol. The SMILES string of the molecule is CCn1ncc(NCCN2CCC(C)CC2)c(Cl)c1=O. The van der Waals surface area contributed by atoms with Crippen LogP contribution in [-0.4, -0.2) is 40.9 Å². The lowest BCUT2D eigenvalue weighted by molar-refractivity contribution is 0.199. The fraction of sp³-hybridized carbons (Fsp3) is 0.714. The lowest BCUT2D eigenvalue weighted by atomic mass is 9.99. The molecule has 1 aromatic rings. The summed E-state index contributed by atoms with van der Waals surface area (Å²) in [6.45, 7) is 8.79. The highest BCUT2D eigenvalue weighted by molar-refractivity contribution is 6.32. The fourth-order valence-corrected chi connectivity index (χ4v) is 2.66. The summed E-state index contributed by atoms with van der Waals surface area (Å²) in [7, 11) is 0. The molecule has 0 bridgehead atoms. The number of rotatable bonds is 5. The highest BCUT2D eigenvalue weighted by Gasteiger charge is 2.15. The molecule has 1 fully saturated rings. The smallest absolute Gasteiger partial charge is 0.287 e. The standard InChI is InChI=1S/C14H23ClN4O/c1-3-19-14(20)13(15)12(10-17-19)16-6-9-18-7-4-11(2)5-8-18/h10-11,16H,3-9H2,1-2H3. The third kappa shape index (κ3) is 3.73. The van der Waals surface area contributed by atoms with Gasteiger partial charge in [0.2, 0.25) is 0 Å². The third-order valence-corrected chi connectivity index (χ3v) is 4.27. The molecule has 0 radical (unpaired) electrons. The van der Waals surface area contributed by atoms with Gasteiger partial charge >= 0.3 is 0 Å². The van der Waals surface area contributed by atoms with E-state index in [2.05, 4.69) is 22.2 Å². The van der Waals surface area contributed by atoms with Crippen molar-refractivity contribution in [1.29, 1.82) is 0 Å². The van der Waals surface area contributed by atoms with Crippen molar-refractivity contribution in [3.05, 3.63) is 21.6 Å². The minimum Gasteiger partial charge on any atom is -0.381 e. The second-order valence-corrected chi connectivity index (χ2v) is 5.82. The molecule has 0 aromatic carbocycles. The van der Waals surface area contributed by atoms with E-state index in [1.807, 2.05) is 6.92 Å². The number of hydrogen-bond acceptors (Lipinski definition) is 4. The Bertz CT molecular complexity index is 494. The number of halogens is 1. The number of aromatic nitrogens is 2. The minimum absolute atomic E-state index is 0.231. The van der Waals surface area contributed by atoms with Gasteiger partial charge in [-0.3, -0.25) is 4.79 Å². The normalized spacial score (nSPS) is 17.4. The molecule has 1 aliphatic rings. The Morgan fingerprint density at radius 3 is 2.80 bits per heavy atom. The van der Waals surface area contributed by atoms with Gasteiger partial charge in [-0.25, -0.2) is 4.68 Å². The van der Waals surface area contributed by atoms with E-state index in [4.69, 9.17) is 11.6 Å². The Morgan fingerprint density at radius 1 is 1.45 bits per heavy atom. The monoisotopic (exact) mass is 298 g/mol. The summed E-state index contributed by atoms with van der Waals surface area (Å²) in [6, 6.07) is 0. The number of hydrogen-bond donors (Lipinski definition) is 1. The Balaban J connectivity index is 1.85. The molecule has 2 rings (SSSR count). The second kappa shape index (κ2) is 7.09. The molecule has 0 spiro atoms. The van der Waals surface area contributed by atoms with E-state index in [-0.39, 0.29) is 10.6 Å². The summed E-state index contributed by atoms with van der Waals surface area (Å²) in [5.74, 6) is 0.847. The van der Waals surface area contributed by atoms with Gasteiger partial charge in [0.05, 0.1) is 11.9 Å². The van der Waals surface area contributed by atoms with Gasteiger partial charge in [0, 0.05) is 19.6 Å². The highest BCUT2D eigenvalue weighted by Crippen LogP contribution is 2.17. The van der Waals surface area contributed by atoms with Crippen LogP contribution in [0.15, 0.2) is 11.0 Å². The summed E-state index contributed by atoms with van der Waals surface area (Å²) < 4.78 is 1.36. The van der Waals surface area contributed by atoms with Crippen molar-refractivity contribution in [2.24, 2.45) is 5.92 Å². The first-order valence-corrected chi connectivity index (χ1v) is 7.71. The van der Waals surface area contributed by atoms with Crippen LogP contribution in [0.25, 0.3) is 0 Å². The van der Waals surface area contributed by atoms with Crippen LogP contribution < -0.4 is 10.9 Å². The number of nitrogens with zero attached hydrogens (tertiary/aromatic N) is 3. The van der Waals surface area contributed by atoms with Crippen LogP contribution in [0.2, 0.25) is 5.02 Å². The summed E-state index contributed by atoms with van der Waals surface area (Å²) in [5.41, 5.74) is 0.401. The van der Waals surface area contributed by atoms with Crippen molar-refractivity contribution >= 4 is 17.3 Å². The quantitative estimate of drug-likeness (QED) is 0.904. The van der Waals surface area contributed by atoms with Crippen LogP contribution in [0.3, 0.4) is 0 Å². The molecule has 0 aliphatic carbocycles. The maximum Gasteiger partial charge on any atom is 0.287 e. The molecule has 1 aromatic heterocycles. The molecule has 6 heteroatoms. The zero-order valence-corrected chi connectivity index (χ0v) is 13.0. The average Bonchev–Trinajstić information content (AvgIpc) is 2.46. The zero-order valence-electron chi connectivity index (χ0n) is 12.2. The van der Waals surface area contributed by atoms with E-state index in [9.17, 15) is 4.79 Å². The molecule has 1 N–H and O–H groups in total. The molecule has 0 amide bonds. The van der Waals surface area contributed by atoms with Crippen LogP contribution >= 0.6 is 11.6 Å². The maximum atomic E-state index is 11.8.